The van der Waals surface area contributed by atoms with E-state index in [1.54, 1.807) is 0 Å². The summed E-state index contributed by atoms with van der Waals surface area (Å²) in [5.41, 5.74) is 1.85. The number of nitrogens with zero attached hydrogens (tertiary/aromatic N) is 4. The van der Waals surface area contributed by atoms with Gasteiger partial charge in [0, 0.05) is 5.92 Å². The predicted molar refractivity (Wildman–Crippen MR) is 87.1 cm³/mol. The summed E-state index contributed by atoms with van der Waals surface area (Å²) >= 11 is 1.41. The number of hydrogen-bond donors (Lipinski definition) is 1. The molecule has 3 aromatic rings. The molecule has 114 valence electrons. The van der Waals surface area contributed by atoms with Crippen molar-refractivity contribution in [3.63, 3.8) is 0 Å². The number of carbonyl (C=O) groups excluding carboxylic acids is 1. The third-order valence-corrected chi connectivity index (χ3v) is 4.47. The SMILES string of the molecule is Cc1nc2ccccc2n1CC(=O)Nc1nnc(C(C)C)s1. The molecule has 0 fully saturated rings. The molecule has 0 spiro atoms. The zero-order valence-electron chi connectivity index (χ0n) is 12.7. The van der Waals surface area contributed by atoms with E-state index < -0.39 is 0 Å². The highest BCUT2D eigenvalue weighted by Gasteiger charge is 2.13. The van der Waals surface area contributed by atoms with Crippen LogP contribution in [0.15, 0.2) is 24.3 Å². The maximum absolute atomic E-state index is 12.2. The zero-order valence-corrected chi connectivity index (χ0v) is 13.5. The Morgan fingerprint density at radius 3 is 2.82 bits per heavy atom. The molecule has 0 atom stereocenters. The fourth-order valence-corrected chi connectivity index (χ4v) is 2.98. The summed E-state index contributed by atoms with van der Waals surface area (Å²) in [7, 11) is 0. The molecule has 0 aliphatic heterocycles. The first kappa shape index (κ1) is 14.6. The van der Waals surface area contributed by atoms with Crippen LogP contribution in [0.25, 0.3) is 11.0 Å². The molecular formula is C15H17N5OS. The van der Waals surface area contributed by atoms with Gasteiger partial charge < -0.3 is 4.57 Å². The summed E-state index contributed by atoms with van der Waals surface area (Å²) in [4.78, 5) is 16.7. The van der Waals surface area contributed by atoms with E-state index in [0.29, 0.717) is 11.0 Å². The van der Waals surface area contributed by atoms with Crippen LogP contribution in [-0.2, 0) is 11.3 Å². The van der Waals surface area contributed by atoms with Crippen molar-refractivity contribution >= 4 is 33.4 Å². The Hall–Kier alpha value is -2.28. The van der Waals surface area contributed by atoms with Gasteiger partial charge >= 0.3 is 0 Å². The summed E-state index contributed by atoms with van der Waals surface area (Å²) in [6, 6.07) is 7.78. The Morgan fingerprint density at radius 1 is 1.32 bits per heavy atom. The van der Waals surface area contributed by atoms with E-state index in [-0.39, 0.29) is 12.5 Å². The van der Waals surface area contributed by atoms with Crippen LogP contribution in [-0.4, -0.2) is 25.7 Å². The molecule has 6 nitrogen and oxygen atoms in total. The molecule has 7 heteroatoms. The van der Waals surface area contributed by atoms with Gasteiger partial charge in [-0.3, -0.25) is 10.1 Å². The van der Waals surface area contributed by atoms with Crippen molar-refractivity contribution in [2.24, 2.45) is 0 Å². The van der Waals surface area contributed by atoms with Crippen molar-refractivity contribution in [2.45, 2.75) is 33.2 Å². The first-order chi connectivity index (χ1) is 10.5. The van der Waals surface area contributed by atoms with Crippen LogP contribution in [0.4, 0.5) is 5.13 Å². The zero-order chi connectivity index (χ0) is 15.7. The van der Waals surface area contributed by atoms with E-state index in [1.807, 2.05) is 49.6 Å². The van der Waals surface area contributed by atoms with Crippen LogP contribution in [0.2, 0.25) is 0 Å². The molecule has 1 aromatic carbocycles. The number of carbonyl (C=O) groups is 1. The number of anilines is 1. The summed E-state index contributed by atoms with van der Waals surface area (Å²) in [5, 5.41) is 12.3. The average molecular weight is 315 g/mol. The lowest BCUT2D eigenvalue weighted by Crippen LogP contribution is -2.19. The summed E-state index contributed by atoms with van der Waals surface area (Å²) < 4.78 is 1.90. The molecule has 0 unspecified atom stereocenters. The van der Waals surface area contributed by atoms with Gasteiger partial charge in [0.2, 0.25) is 11.0 Å². The third kappa shape index (κ3) is 2.85. The smallest absolute Gasteiger partial charge is 0.246 e. The normalized spacial score (nSPS) is 11.3. The van der Waals surface area contributed by atoms with Gasteiger partial charge in [0.25, 0.3) is 0 Å². The Balaban J connectivity index is 1.76. The van der Waals surface area contributed by atoms with E-state index in [9.17, 15) is 4.79 Å². The van der Waals surface area contributed by atoms with Crippen molar-refractivity contribution in [2.75, 3.05) is 5.32 Å². The van der Waals surface area contributed by atoms with Crippen molar-refractivity contribution in [3.05, 3.63) is 35.1 Å². The number of rotatable bonds is 4. The number of benzene rings is 1. The second kappa shape index (κ2) is 5.84. The van der Waals surface area contributed by atoms with Gasteiger partial charge in [-0.05, 0) is 19.1 Å². The fraction of sp³-hybridized carbons (Fsp3) is 0.333. The highest BCUT2D eigenvalue weighted by atomic mass is 32.1. The monoisotopic (exact) mass is 315 g/mol. The molecule has 22 heavy (non-hydrogen) atoms. The number of hydrogen-bond acceptors (Lipinski definition) is 5. The van der Waals surface area contributed by atoms with Gasteiger partial charge in [-0.1, -0.05) is 37.3 Å². The molecule has 0 aliphatic rings. The van der Waals surface area contributed by atoms with Gasteiger partial charge in [0.05, 0.1) is 11.0 Å². The van der Waals surface area contributed by atoms with Crippen molar-refractivity contribution in [1.82, 2.24) is 19.7 Å². The predicted octanol–water partition coefficient (Wildman–Crippen LogP) is 2.96. The first-order valence-corrected chi connectivity index (χ1v) is 7.91. The number of para-hydroxylation sites is 2. The molecule has 1 N–H and O–H groups in total. The van der Waals surface area contributed by atoms with Crippen molar-refractivity contribution < 1.29 is 4.79 Å². The summed E-state index contributed by atoms with van der Waals surface area (Å²) in [5.74, 6) is 0.997. The number of aromatic nitrogens is 4. The van der Waals surface area contributed by atoms with E-state index in [2.05, 4.69) is 20.5 Å². The van der Waals surface area contributed by atoms with Crippen LogP contribution in [0, 0.1) is 6.92 Å². The lowest BCUT2D eigenvalue weighted by atomic mass is 10.2. The summed E-state index contributed by atoms with van der Waals surface area (Å²) in [6.07, 6.45) is 0. The van der Waals surface area contributed by atoms with E-state index in [4.69, 9.17) is 0 Å². The van der Waals surface area contributed by atoms with Crippen LogP contribution < -0.4 is 5.32 Å². The molecule has 2 aromatic heterocycles. The largest absolute Gasteiger partial charge is 0.319 e. The van der Waals surface area contributed by atoms with E-state index in [0.717, 1.165) is 21.9 Å². The quantitative estimate of drug-likeness (QED) is 0.803. The van der Waals surface area contributed by atoms with Gasteiger partial charge in [-0.2, -0.15) is 0 Å². The molecular weight excluding hydrogens is 298 g/mol. The van der Waals surface area contributed by atoms with Crippen molar-refractivity contribution in [1.29, 1.82) is 0 Å². The molecule has 0 bridgehead atoms. The number of nitrogens with one attached hydrogen (secondary N) is 1. The van der Waals surface area contributed by atoms with Crippen LogP contribution in [0.5, 0.6) is 0 Å². The Morgan fingerprint density at radius 2 is 2.09 bits per heavy atom. The van der Waals surface area contributed by atoms with Gasteiger partial charge in [0.1, 0.15) is 17.4 Å². The van der Waals surface area contributed by atoms with Crippen LogP contribution in [0.1, 0.15) is 30.6 Å². The second-order valence-electron chi connectivity index (χ2n) is 5.38. The molecule has 2 heterocycles. The molecule has 3 rings (SSSR count). The minimum absolute atomic E-state index is 0.127. The first-order valence-electron chi connectivity index (χ1n) is 7.09. The van der Waals surface area contributed by atoms with Crippen molar-refractivity contribution in [3.8, 4) is 0 Å². The highest BCUT2D eigenvalue weighted by molar-refractivity contribution is 7.15. The Labute approximate surface area is 132 Å². The maximum atomic E-state index is 12.2. The summed E-state index contributed by atoms with van der Waals surface area (Å²) in [6.45, 7) is 6.21. The molecule has 0 saturated heterocycles. The molecule has 0 saturated carbocycles. The average Bonchev–Trinajstić information content (AvgIpc) is 3.05. The van der Waals surface area contributed by atoms with E-state index in [1.165, 1.54) is 11.3 Å². The molecule has 0 radical (unpaired) electrons. The van der Waals surface area contributed by atoms with Gasteiger partial charge in [-0.15, -0.1) is 10.2 Å². The topological polar surface area (TPSA) is 72.7 Å². The lowest BCUT2D eigenvalue weighted by Gasteiger charge is -2.06. The number of amides is 1. The highest BCUT2D eigenvalue weighted by Crippen LogP contribution is 2.22. The van der Waals surface area contributed by atoms with Crippen LogP contribution in [0.3, 0.4) is 0 Å². The fourth-order valence-electron chi connectivity index (χ4n) is 2.22. The minimum atomic E-state index is -0.127. The number of aryl methyl sites for hydroxylation is 1. The maximum Gasteiger partial charge on any atom is 0.246 e. The number of fused-ring (bicyclic) bond motifs is 1. The standard InChI is InChI=1S/C15H17N5OS/c1-9(2)14-18-19-15(22-14)17-13(21)8-20-10(3)16-11-6-4-5-7-12(11)20/h4-7,9H,8H2,1-3H3,(H,17,19,21). The molecule has 0 aliphatic carbocycles. The Kier molecular flexibility index (Phi) is 3.89. The number of imidazole rings is 1. The third-order valence-electron chi connectivity index (χ3n) is 3.33. The van der Waals surface area contributed by atoms with Crippen LogP contribution >= 0.6 is 11.3 Å². The van der Waals surface area contributed by atoms with Gasteiger partial charge in [0.15, 0.2) is 0 Å². The lowest BCUT2D eigenvalue weighted by molar-refractivity contribution is -0.116. The minimum Gasteiger partial charge on any atom is -0.319 e. The second-order valence-corrected chi connectivity index (χ2v) is 6.39. The molecule has 1 amide bonds. The Bertz CT molecular complexity index is 820. The van der Waals surface area contributed by atoms with Gasteiger partial charge in [-0.25, -0.2) is 4.98 Å². The van der Waals surface area contributed by atoms with E-state index >= 15 is 0 Å².